The van der Waals surface area contributed by atoms with Gasteiger partial charge in [-0.15, -0.1) is 13.2 Å². The van der Waals surface area contributed by atoms with Crippen LogP contribution in [0.15, 0.2) is 72.8 Å². The molecule has 1 aliphatic heterocycles. The first-order valence-electron chi connectivity index (χ1n) is 11.9. The Morgan fingerprint density at radius 2 is 1.34 bits per heavy atom. The number of benzene rings is 3. The molecule has 0 saturated carbocycles. The van der Waals surface area contributed by atoms with E-state index in [9.17, 15) is 18.0 Å². The molecule has 35 heavy (non-hydrogen) atoms. The van der Waals surface area contributed by atoms with Gasteiger partial charge < -0.3 is 15.0 Å². The van der Waals surface area contributed by atoms with E-state index in [-0.39, 0.29) is 11.7 Å². The molecule has 0 bridgehead atoms. The number of carbonyl (C=O) groups excluding carboxylic acids is 1. The molecule has 3 aromatic carbocycles. The third-order valence-electron chi connectivity index (χ3n) is 6.21. The van der Waals surface area contributed by atoms with Gasteiger partial charge in [-0.3, -0.25) is 4.79 Å². The van der Waals surface area contributed by atoms with Crippen LogP contribution in [0.5, 0.6) is 5.75 Å². The molecule has 1 fully saturated rings. The van der Waals surface area contributed by atoms with Crippen LogP contribution in [0.3, 0.4) is 0 Å². The van der Waals surface area contributed by atoms with Gasteiger partial charge in [0.15, 0.2) is 0 Å². The quantitative estimate of drug-likeness (QED) is 0.415. The summed E-state index contributed by atoms with van der Waals surface area (Å²) in [4.78, 5) is 15.0. The third-order valence-corrected chi connectivity index (χ3v) is 6.21. The molecule has 4 rings (SSSR count). The number of ether oxygens (including phenoxy) is 1. The largest absolute Gasteiger partial charge is 0.573 e. The summed E-state index contributed by atoms with van der Waals surface area (Å²) in [7, 11) is 0. The van der Waals surface area contributed by atoms with Gasteiger partial charge in [0, 0.05) is 18.7 Å². The molecule has 1 saturated heterocycles. The molecule has 0 aliphatic carbocycles. The Hall–Kier alpha value is -3.32. The number of likely N-dealkylation sites (tertiary alicyclic amines) is 1. The normalized spacial score (nSPS) is 14.1. The van der Waals surface area contributed by atoms with E-state index in [2.05, 4.69) is 39.2 Å². The first-order chi connectivity index (χ1) is 16.9. The standard InChI is InChI=1S/C28H29F3N2O2/c29-28(30,31)35-26-13-11-24(12-14-26)23-7-9-25(10-8-23)27(34)32-17-15-21-3-5-22(6-4-21)16-20-33-18-1-2-19-33/h3-14H,1-2,15-20H2,(H,32,34). The van der Waals surface area contributed by atoms with Gasteiger partial charge in [-0.25, -0.2) is 0 Å². The summed E-state index contributed by atoms with van der Waals surface area (Å²) in [5.41, 5.74) is 4.58. The lowest BCUT2D eigenvalue weighted by molar-refractivity contribution is -0.274. The highest BCUT2D eigenvalue weighted by Crippen LogP contribution is 2.26. The monoisotopic (exact) mass is 482 g/mol. The second kappa shape index (κ2) is 11.4. The van der Waals surface area contributed by atoms with E-state index < -0.39 is 6.36 Å². The summed E-state index contributed by atoms with van der Waals surface area (Å²) in [6, 6.07) is 21.2. The van der Waals surface area contributed by atoms with Gasteiger partial charge in [0.05, 0.1) is 0 Å². The van der Waals surface area contributed by atoms with Crippen LogP contribution < -0.4 is 10.1 Å². The molecule has 1 heterocycles. The Morgan fingerprint density at radius 3 is 1.91 bits per heavy atom. The lowest BCUT2D eigenvalue weighted by Gasteiger charge is -2.14. The highest BCUT2D eigenvalue weighted by Gasteiger charge is 2.30. The Kier molecular flexibility index (Phi) is 8.08. The van der Waals surface area contributed by atoms with E-state index >= 15 is 0 Å². The molecule has 4 nitrogen and oxygen atoms in total. The van der Waals surface area contributed by atoms with Crippen molar-refractivity contribution in [3.8, 4) is 16.9 Å². The molecule has 7 heteroatoms. The highest BCUT2D eigenvalue weighted by molar-refractivity contribution is 5.94. The molecule has 3 aromatic rings. The van der Waals surface area contributed by atoms with Crippen molar-refractivity contribution in [2.75, 3.05) is 26.2 Å². The number of carbonyl (C=O) groups is 1. The molecule has 0 aromatic heterocycles. The van der Waals surface area contributed by atoms with Gasteiger partial charge in [0.1, 0.15) is 5.75 Å². The van der Waals surface area contributed by atoms with Gasteiger partial charge in [-0.1, -0.05) is 48.5 Å². The predicted octanol–water partition coefficient (Wildman–Crippen LogP) is 5.86. The minimum atomic E-state index is -4.72. The highest BCUT2D eigenvalue weighted by atomic mass is 19.4. The van der Waals surface area contributed by atoms with E-state index in [0.717, 1.165) is 30.5 Å². The zero-order chi connectivity index (χ0) is 24.7. The molecular weight excluding hydrogens is 453 g/mol. The van der Waals surface area contributed by atoms with Crippen LogP contribution in [0.2, 0.25) is 0 Å². The van der Waals surface area contributed by atoms with Gasteiger partial charge in [-0.05, 0) is 85.3 Å². The van der Waals surface area contributed by atoms with Gasteiger partial charge >= 0.3 is 6.36 Å². The summed E-state index contributed by atoms with van der Waals surface area (Å²) >= 11 is 0. The molecule has 184 valence electrons. The number of alkyl halides is 3. The second-order valence-corrected chi connectivity index (χ2v) is 8.77. The van der Waals surface area contributed by atoms with Crippen molar-refractivity contribution in [3.05, 3.63) is 89.5 Å². The van der Waals surface area contributed by atoms with Crippen LogP contribution in [0.4, 0.5) is 13.2 Å². The minimum Gasteiger partial charge on any atom is -0.406 e. The van der Waals surface area contributed by atoms with Crippen LogP contribution in [-0.4, -0.2) is 43.3 Å². The topological polar surface area (TPSA) is 41.6 Å². The van der Waals surface area contributed by atoms with Crippen molar-refractivity contribution in [2.45, 2.75) is 32.0 Å². The number of rotatable bonds is 9. The summed E-state index contributed by atoms with van der Waals surface area (Å²) in [6.07, 6.45) is -0.270. The molecule has 0 atom stereocenters. The zero-order valence-corrected chi connectivity index (χ0v) is 19.5. The Balaban J connectivity index is 1.22. The average Bonchev–Trinajstić information content (AvgIpc) is 3.37. The summed E-state index contributed by atoms with van der Waals surface area (Å²) in [5, 5.41) is 2.94. The smallest absolute Gasteiger partial charge is 0.406 e. The molecular formula is C28H29F3N2O2. The van der Waals surface area contributed by atoms with Crippen LogP contribution in [0.1, 0.15) is 34.3 Å². The minimum absolute atomic E-state index is 0.160. The van der Waals surface area contributed by atoms with E-state index in [4.69, 9.17) is 0 Å². The van der Waals surface area contributed by atoms with Crippen LogP contribution in [0, 0.1) is 0 Å². The number of hydrogen-bond donors (Lipinski definition) is 1. The van der Waals surface area contributed by atoms with E-state index in [1.165, 1.54) is 49.2 Å². The molecule has 1 N–H and O–H groups in total. The van der Waals surface area contributed by atoms with Crippen LogP contribution >= 0.6 is 0 Å². The van der Waals surface area contributed by atoms with Crippen molar-refractivity contribution < 1.29 is 22.7 Å². The summed E-state index contributed by atoms with van der Waals surface area (Å²) < 4.78 is 40.8. The average molecular weight is 483 g/mol. The van der Waals surface area contributed by atoms with E-state index in [1.807, 2.05) is 0 Å². The predicted molar refractivity (Wildman–Crippen MR) is 130 cm³/mol. The first kappa shape index (κ1) is 24.8. The van der Waals surface area contributed by atoms with Gasteiger partial charge in [0.2, 0.25) is 0 Å². The van der Waals surface area contributed by atoms with Crippen LogP contribution in [-0.2, 0) is 12.8 Å². The fraction of sp³-hybridized carbons (Fsp3) is 0.321. The lowest BCUT2D eigenvalue weighted by atomic mass is 10.0. The Bertz CT molecular complexity index is 1090. The SMILES string of the molecule is O=C(NCCc1ccc(CCN2CCCC2)cc1)c1ccc(-c2ccc(OC(F)(F)F)cc2)cc1. The molecule has 0 unspecified atom stereocenters. The maximum atomic E-state index is 12.5. The number of amides is 1. The number of nitrogens with zero attached hydrogens (tertiary/aromatic N) is 1. The van der Waals surface area contributed by atoms with Crippen molar-refractivity contribution in [3.63, 3.8) is 0 Å². The van der Waals surface area contributed by atoms with Crippen molar-refractivity contribution in [2.24, 2.45) is 0 Å². The second-order valence-electron chi connectivity index (χ2n) is 8.77. The molecule has 0 radical (unpaired) electrons. The molecule has 1 amide bonds. The fourth-order valence-corrected chi connectivity index (χ4v) is 4.25. The van der Waals surface area contributed by atoms with E-state index in [1.54, 1.807) is 36.4 Å². The maximum Gasteiger partial charge on any atom is 0.573 e. The van der Waals surface area contributed by atoms with E-state index in [0.29, 0.717) is 12.1 Å². The molecule has 1 aliphatic rings. The van der Waals surface area contributed by atoms with Crippen molar-refractivity contribution >= 4 is 5.91 Å². The summed E-state index contributed by atoms with van der Waals surface area (Å²) in [5.74, 6) is -0.429. The number of hydrogen-bond acceptors (Lipinski definition) is 3. The number of nitrogens with one attached hydrogen (secondary N) is 1. The summed E-state index contributed by atoms with van der Waals surface area (Å²) in [6.45, 7) is 4.09. The van der Waals surface area contributed by atoms with Gasteiger partial charge in [-0.2, -0.15) is 0 Å². The number of halogens is 3. The van der Waals surface area contributed by atoms with Crippen molar-refractivity contribution in [1.82, 2.24) is 10.2 Å². The Labute approximate surface area is 203 Å². The third kappa shape index (κ3) is 7.59. The van der Waals surface area contributed by atoms with Crippen molar-refractivity contribution in [1.29, 1.82) is 0 Å². The first-order valence-corrected chi connectivity index (χ1v) is 11.9. The maximum absolute atomic E-state index is 12.5. The van der Waals surface area contributed by atoms with Crippen LogP contribution in [0.25, 0.3) is 11.1 Å². The van der Waals surface area contributed by atoms with Gasteiger partial charge in [0.25, 0.3) is 5.91 Å². The lowest BCUT2D eigenvalue weighted by Crippen LogP contribution is -2.25. The molecule has 0 spiro atoms. The fourth-order valence-electron chi connectivity index (χ4n) is 4.25. The zero-order valence-electron chi connectivity index (χ0n) is 19.5. The Morgan fingerprint density at radius 1 is 0.800 bits per heavy atom.